The highest BCUT2D eigenvalue weighted by Crippen LogP contribution is 2.33. The maximum atomic E-state index is 12.5. The van der Waals surface area contributed by atoms with E-state index in [0.29, 0.717) is 32.6 Å². The summed E-state index contributed by atoms with van der Waals surface area (Å²) in [5.41, 5.74) is 5.59. The number of aromatic nitrogens is 2. The number of nitrogens with one attached hydrogen (secondary N) is 1. The predicted molar refractivity (Wildman–Crippen MR) is 65.6 cm³/mol. The van der Waals surface area contributed by atoms with Crippen LogP contribution < -0.4 is 5.73 Å². The van der Waals surface area contributed by atoms with Gasteiger partial charge in [-0.25, -0.2) is 8.42 Å². The molecule has 3 N–H and O–H groups in total. The molecular formula is C10H16N4O4S. The van der Waals surface area contributed by atoms with E-state index < -0.39 is 15.8 Å². The van der Waals surface area contributed by atoms with Crippen LogP contribution in [0.5, 0.6) is 0 Å². The Bertz CT molecular complexity index is 564. The summed E-state index contributed by atoms with van der Waals surface area (Å²) in [6.45, 7) is 1.63. The van der Waals surface area contributed by atoms with E-state index in [1.807, 2.05) is 0 Å². The monoisotopic (exact) mass is 288 g/mol. The molecule has 2 saturated heterocycles. The quantitative estimate of drug-likeness (QED) is 0.760. The van der Waals surface area contributed by atoms with E-state index in [9.17, 15) is 8.42 Å². The Hall–Kier alpha value is -1.16. The van der Waals surface area contributed by atoms with Crippen molar-refractivity contribution in [3.63, 3.8) is 0 Å². The summed E-state index contributed by atoms with van der Waals surface area (Å²) < 4.78 is 37.5. The largest absolute Gasteiger partial charge is 0.383 e. The summed E-state index contributed by atoms with van der Waals surface area (Å²) in [6.07, 6.45) is 2.62. The van der Waals surface area contributed by atoms with E-state index in [4.69, 9.17) is 15.2 Å². The number of hydrogen-bond acceptors (Lipinski definition) is 6. The SMILES string of the molecule is Nc1[nH]ncc1S(=O)(=O)N1CCCC2(C1)OCCO2. The molecule has 1 aromatic heterocycles. The average Bonchev–Trinajstić information content (AvgIpc) is 2.99. The third-order valence-corrected chi connectivity index (χ3v) is 5.32. The summed E-state index contributed by atoms with van der Waals surface area (Å²) >= 11 is 0. The lowest BCUT2D eigenvalue weighted by atomic mass is 10.1. The van der Waals surface area contributed by atoms with Gasteiger partial charge in [-0.15, -0.1) is 0 Å². The van der Waals surface area contributed by atoms with Crippen molar-refractivity contribution in [1.82, 2.24) is 14.5 Å². The van der Waals surface area contributed by atoms with Crippen molar-refractivity contribution in [3.8, 4) is 0 Å². The number of piperidine rings is 1. The lowest BCUT2D eigenvalue weighted by molar-refractivity contribution is -0.179. The normalized spacial score (nSPS) is 24.0. The zero-order valence-electron chi connectivity index (χ0n) is 10.3. The van der Waals surface area contributed by atoms with Gasteiger partial charge in [0.05, 0.1) is 26.0 Å². The molecule has 0 aromatic carbocycles. The van der Waals surface area contributed by atoms with Crippen LogP contribution in [0.4, 0.5) is 5.82 Å². The van der Waals surface area contributed by atoms with Gasteiger partial charge in [-0.05, 0) is 6.42 Å². The number of ether oxygens (including phenoxy) is 2. The second-order valence-electron chi connectivity index (χ2n) is 4.70. The van der Waals surface area contributed by atoms with Crippen molar-refractivity contribution < 1.29 is 17.9 Å². The standard InChI is InChI=1S/C10H16N4O4S/c11-9-8(6-12-13-9)19(15,16)14-3-1-2-10(7-14)17-4-5-18-10/h6H,1-5,7H2,(H3,11,12,13). The van der Waals surface area contributed by atoms with E-state index in [0.717, 1.165) is 0 Å². The summed E-state index contributed by atoms with van der Waals surface area (Å²) in [5.74, 6) is -0.739. The Labute approximate surface area is 110 Å². The van der Waals surface area contributed by atoms with Crippen molar-refractivity contribution >= 4 is 15.8 Å². The molecule has 19 heavy (non-hydrogen) atoms. The molecule has 0 radical (unpaired) electrons. The molecule has 2 aliphatic rings. The Balaban J connectivity index is 1.87. The van der Waals surface area contributed by atoms with Crippen LogP contribution in [0.15, 0.2) is 11.1 Å². The summed E-state index contributed by atoms with van der Waals surface area (Å²) in [7, 11) is -3.66. The third-order valence-electron chi connectivity index (χ3n) is 3.45. The maximum Gasteiger partial charge on any atom is 0.248 e. The number of anilines is 1. The van der Waals surface area contributed by atoms with Crippen molar-refractivity contribution in [2.45, 2.75) is 23.5 Å². The summed E-state index contributed by atoms with van der Waals surface area (Å²) in [6, 6.07) is 0. The van der Waals surface area contributed by atoms with Crippen LogP contribution in [0.25, 0.3) is 0 Å². The number of nitrogen functional groups attached to an aromatic ring is 1. The molecule has 0 atom stereocenters. The van der Waals surface area contributed by atoms with Gasteiger partial charge in [0, 0.05) is 13.0 Å². The fraction of sp³-hybridized carbons (Fsp3) is 0.700. The van der Waals surface area contributed by atoms with Gasteiger partial charge in [0.15, 0.2) is 5.79 Å². The number of H-pyrrole nitrogens is 1. The van der Waals surface area contributed by atoms with E-state index in [1.165, 1.54) is 10.5 Å². The Morgan fingerprint density at radius 2 is 2.16 bits per heavy atom. The first kappa shape index (κ1) is 12.9. The van der Waals surface area contributed by atoms with Crippen molar-refractivity contribution in [2.24, 2.45) is 0 Å². The van der Waals surface area contributed by atoms with Crippen molar-refractivity contribution in [1.29, 1.82) is 0 Å². The fourth-order valence-electron chi connectivity index (χ4n) is 2.52. The number of nitrogens with two attached hydrogens (primary N) is 1. The minimum Gasteiger partial charge on any atom is -0.383 e. The van der Waals surface area contributed by atoms with Gasteiger partial charge < -0.3 is 15.2 Å². The van der Waals surface area contributed by atoms with Gasteiger partial charge in [-0.1, -0.05) is 0 Å². The second kappa shape index (κ2) is 4.44. The molecule has 1 spiro atoms. The molecule has 0 aliphatic carbocycles. The minimum atomic E-state index is -3.66. The van der Waals surface area contributed by atoms with E-state index in [1.54, 1.807) is 0 Å². The molecule has 0 unspecified atom stereocenters. The van der Waals surface area contributed by atoms with Gasteiger partial charge in [0.25, 0.3) is 0 Å². The number of rotatable bonds is 2. The van der Waals surface area contributed by atoms with Crippen LogP contribution in [-0.4, -0.2) is 55.0 Å². The third kappa shape index (κ3) is 2.12. The minimum absolute atomic E-state index is 0.00236. The molecule has 0 bridgehead atoms. The lowest BCUT2D eigenvalue weighted by Gasteiger charge is -2.37. The summed E-state index contributed by atoms with van der Waals surface area (Å²) in [4.78, 5) is 0.00236. The van der Waals surface area contributed by atoms with Crippen molar-refractivity contribution in [3.05, 3.63) is 6.20 Å². The molecule has 106 valence electrons. The van der Waals surface area contributed by atoms with Crippen LogP contribution in [0, 0.1) is 0 Å². The Kier molecular flexibility index (Phi) is 3.01. The van der Waals surface area contributed by atoms with E-state index in [2.05, 4.69) is 10.2 Å². The van der Waals surface area contributed by atoms with Crippen LogP contribution in [0.1, 0.15) is 12.8 Å². The van der Waals surface area contributed by atoms with Gasteiger partial charge >= 0.3 is 0 Å². The predicted octanol–water partition coefficient (Wildman–Crippen LogP) is -0.480. The molecule has 1 aromatic rings. The Morgan fingerprint density at radius 1 is 1.42 bits per heavy atom. The number of nitrogens with zero attached hydrogens (tertiary/aromatic N) is 2. The molecule has 2 aliphatic heterocycles. The zero-order chi connectivity index (χ0) is 13.5. The van der Waals surface area contributed by atoms with Crippen molar-refractivity contribution in [2.75, 3.05) is 32.0 Å². The highest BCUT2D eigenvalue weighted by atomic mass is 32.2. The molecule has 9 heteroatoms. The van der Waals surface area contributed by atoms with Crippen LogP contribution in [0.3, 0.4) is 0 Å². The molecule has 0 saturated carbocycles. The first-order chi connectivity index (χ1) is 9.04. The molecule has 3 heterocycles. The Morgan fingerprint density at radius 3 is 2.79 bits per heavy atom. The van der Waals surface area contributed by atoms with Crippen LogP contribution >= 0.6 is 0 Å². The first-order valence-electron chi connectivity index (χ1n) is 6.10. The van der Waals surface area contributed by atoms with Gasteiger partial charge in [-0.3, -0.25) is 5.10 Å². The van der Waals surface area contributed by atoms with E-state index >= 15 is 0 Å². The molecule has 3 rings (SSSR count). The molecule has 2 fully saturated rings. The highest BCUT2D eigenvalue weighted by molar-refractivity contribution is 7.89. The molecular weight excluding hydrogens is 272 g/mol. The number of sulfonamides is 1. The number of aromatic amines is 1. The van der Waals surface area contributed by atoms with Gasteiger partial charge in [-0.2, -0.15) is 9.40 Å². The smallest absolute Gasteiger partial charge is 0.248 e. The van der Waals surface area contributed by atoms with E-state index in [-0.39, 0.29) is 17.3 Å². The first-order valence-corrected chi connectivity index (χ1v) is 7.54. The zero-order valence-corrected chi connectivity index (χ0v) is 11.1. The fourth-order valence-corrected chi connectivity index (χ4v) is 4.04. The molecule has 8 nitrogen and oxygen atoms in total. The molecule has 0 amide bonds. The van der Waals surface area contributed by atoms with Gasteiger partial charge in [0.2, 0.25) is 10.0 Å². The van der Waals surface area contributed by atoms with Gasteiger partial charge in [0.1, 0.15) is 10.7 Å². The topological polar surface area (TPSA) is 111 Å². The summed E-state index contributed by atoms with van der Waals surface area (Å²) in [5, 5.41) is 6.09. The number of hydrogen-bond donors (Lipinski definition) is 2. The lowest BCUT2D eigenvalue weighted by Crippen LogP contribution is -2.50. The second-order valence-corrected chi connectivity index (χ2v) is 6.60. The average molecular weight is 288 g/mol. The highest BCUT2D eigenvalue weighted by Gasteiger charge is 2.44. The van der Waals surface area contributed by atoms with Crippen LogP contribution in [-0.2, 0) is 19.5 Å². The maximum absolute atomic E-state index is 12.5. The van der Waals surface area contributed by atoms with Crippen LogP contribution in [0.2, 0.25) is 0 Å².